The molecule has 2 heterocycles. The molecule has 4 heteroatoms. The molecule has 2 rings (SSSR count). The molecule has 0 aromatic carbocycles. The SMILES string of the molecule is [O-]c1nnc2ccccn12. The lowest BCUT2D eigenvalue weighted by Crippen LogP contribution is -1.95. The van der Waals surface area contributed by atoms with E-state index in [1.54, 1.807) is 18.3 Å². The second kappa shape index (κ2) is 1.70. The molecule has 2 aromatic rings. The summed E-state index contributed by atoms with van der Waals surface area (Å²) in [6.07, 6.45) is 1.64. The van der Waals surface area contributed by atoms with Crippen LogP contribution >= 0.6 is 0 Å². The number of aromatic nitrogens is 3. The third-order valence-electron chi connectivity index (χ3n) is 1.28. The molecule has 0 unspecified atom stereocenters. The predicted octanol–water partition coefficient (Wildman–Crippen LogP) is -0.197. The highest BCUT2D eigenvalue weighted by Crippen LogP contribution is 2.03. The second-order valence-corrected chi connectivity index (χ2v) is 1.91. The Kier molecular flexibility index (Phi) is 0.887. The third-order valence-corrected chi connectivity index (χ3v) is 1.28. The first-order valence-corrected chi connectivity index (χ1v) is 2.85. The highest BCUT2D eigenvalue weighted by molar-refractivity contribution is 5.37. The first-order valence-electron chi connectivity index (χ1n) is 2.85. The van der Waals surface area contributed by atoms with Gasteiger partial charge < -0.3 is 5.11 Å². The molecule has 0 bridgehead atoms. The lowest BCUT2D eigenvalue weighted by atomic mass is 10.5. The van der Waals surface area contributed by atoms with Crippen molar-refractivity contribution in [1.82, 2.24) is 14.6 Å². The Balaban J connectivity index is 2.93. The summed E-state index contributed by atoms with van der Waals surface area (Å²) in [6.45, 7) is 0. The minimum atomic E-state index is -0.324. The highest BCUT2D eigenvalue weighted by Gasteiger charge is 1.91. The second-order valence-electron chi connectivity index (χ2n) is 1.91. The summed E-state index contributed by atoms with van der Waals surface area (Å²) >= 11 is 0. The van der Waals surface area contributed by atoms with Crippen LogP contribution in [0.15, 0.2) is 24.4 Å². The summed E-state index contributed by atoms with van der Waals surface area (Å²) in [5, 5.41) is 17.7. The molecule has 0 atom stereocenters. The van der Waals surface area contributed by atoms with Crippen molar-refractivity contribution in [3.63, 3.8) is 0 Å². The van der Waals surface area contributed by atoms with Gasteiger partial charge in [0.05, 0.1) is 6.01 Å². The Morgan fingerprint density at radius 2 is 2.20 bits per heavy atom. The van der Waals surface area contributed by atoms with Crippen LogP contribution in [0.4, 0.5) is 0 Å². The largest absolute Gasteiger partial charge is 0.844 e. The summed E-state index contributed by atoms with van der Waals surface area (Å²) in [7, 11) is 0. The first kappa shape index (κ1) is 5.22. The van der Waals surface area contributed by atoms with Gasteiger partial charge in [0, 0.05) is 6.20 Å². The molecule has 0 fully saturated rings. The van der Waals surface area contributed by atoms with Crippen LogP contribution in [0, 0.1) is 0 Å². The first-order chi connectivity index (χ1) is 4.88. The zero-order valence-corrected chi connectivity index (χ0v) is 5.06. The molecule has 0 N–H and O–H groups in total. The van der Waals surface area contributed by atoms with Crippen molar-refractivity contribution in [3.8, 4) is 6.01 Å². The van der Waals surface area contributed by atoms with E-state index in [0.717, 1.165) is 0 Å². The van der Waals surface area contributed by atoms with Crippen molar-refractivity contribution < 1.29 is 5.11 Å². The van der Waals surface area contributed by atoms with E-state index in [1.807, 2.05) is 6.07 Å². The van der Waals surface area contributed by atoms with Gasteiger partial charge in [0.25, 0.3) is 0 Å². The number of fused-ring (bicyclic) bond motifs is 1. The van der Waals surface area contributed by atoms with Crippen LogP contribution in [0.25, 0.3) is 5.65 Å². The molecular formula is C6H4N3O-. The van der Waals surface area contributed by atoms with E-state index in [2.05, 4.69) is 10.2 Å². The molecule has 0 aliphatic carbocycles. The van der Waals surface area contributed by atoms with Crippen molar-refractivity contribution in [2.24, 2.45) is 0 Å². The maximum absolute atomic E-state index is 10.8. The quantitative estimate of drug-likeness (QED) is 0.501. The molecule has 10 heavy (non-hydrogen) atoms. The fourth-order valence-electron chi connectivity index (χ4n) is 0.819. The molecule has 0 saturated carbocycles. The summed E-state index contributed by atoms with van der Waals surface area (Å²) in [4.78, 5) is 0. The molecule has 0 aliphatic rings. The van der Waals surface area contributed by atoms with Gasteiger partial charge in [-0.1, -0.05) is 6.07 Å². The molecule has 0 amide bonds. The normalized spacial score (nSPS) is 10.4. The average molecular weight is 134 g/mol. The zero-order chi connectivity index (χ0) is 6.97. The fourth-order valence-corrected chi connectivity index (χ4v) is 0.819. The molecule has 0 spiro atoms. The van der Waals surface area contributed by atoms with Crippen LogP contribution in [0.5, 0.6) is 6.01 Å². The fraction of sp³-hybridized carbons (Fsp3) is 0. The van der Waals surface area contributed by atoms with Gasteiger partial charge in [-0.3, -0.25) is 4.40 Å². The van der Waals surface area contributed by atoms with Crippen molar-refractivity contribution >= 4 is 5.65 Å². The third kappa shape index (κ3) is 0.556. The summed E-state index contributed by atoms with van der Waals surface area (Å²) in [5.74, 6) is 0. The Bertz CT molecular complexity index is 355. The van der Waals surface area contributed by atoms with Crippen LogP contribution in [0.3, 0.4) is 0 Å². The van der Waals surface area contributed by atoms with Gasteiger partial charge >= 0.3 is 0 Å². The summed E-state index contributed by atoms with van der Waals surface area (Å²) in [5.41, 5.74) is 0.590. The van der Waals surface area contributed by atoms with Crippen molar-refractivity contribution in [1.29, 1.82) is 0 Å². The van der Waals surface area contributed by atoms with Gasteiger partial charge in [-0.25, -0.2) is 0 Å². The van der Waals surface area contributed by atoms with E-state index in [0.29, 0.717) is 5.65 Å². The number of hydrogen-bond donors (Lipinski definition) is 0. The Hall–Kier alpha value is -1.58. The van der Waals surface area contributed by atoms with Gasteiger partial charge in [-0.05, 0) is 12.1 Å². The van der Waals surface area contributed by atoms with Gasteiger partial charge in [0.2, 0.25) is 0 Å². The van der Waals surface area contributed by atoms with Crippen molar-refractivity contribution in [2.45, 2.75) is 0 Å². The minimum absolute atomic E-state index is 0.324. The standard InChI is InChI=1S/C6H5N3O/c10-6-8-7-5-3-1-2-4-9(5)6/h1-4H,(H,8,10)/p-1. The number of pyridine rings is 1. The van der Waals surface area contributed by atoms with Crippen LogP contribution in [-0.2, 0) is 0 Å². The summed E-state index contributed by atoms with van der Waals surface area (Å²) < 4.78 is 1.39. The molecular weight excluding hydrogens is 130 g/mol. The molecule has 2 aromatic heterocycles. The Labute approximate surface area is 56.8 Å². The van der Waals surface area contributed by atoms with E-state index in [1.165, 1.54) is 4.40 Å². The predicted molar refractivity (Wildman–Crippen MR) is 32.4 cm³/mol. The van der Waals surface area contributed by atoms with Gasteiger partial charge in [0.1, 0.15) is 0 Å². The maximum Gasteiger partial charge on any atom is 0.160 e. The lowest BCUT2D eigenvalue weighted by Gasteiger charge is -1.98. The average Bonchev–Trinajstić information content (AvgIpc) is 2.34. The van der Waals surface area contributed by atoms with Gasteiger partial charge in [-0.2, -0.15) is 0 Å². The minimum Gasteiger partial charge on any atom is -0.844 e. The van der Waals surface area contributed by atoms with Crippen molar-refractivity contribution in [2.75, 3.05) is 0 Å². The summed E-state index contributed by atoms with van der Waals surface area (Å²) in [6, 6.07) is 4.98. The monoisotopic (exact) mass is 134 g/mol. The molecule has 0 saturated heterocycles. The number of hydrogen-bond acceptors (Lipinski definition) is 3. The topological polar surface area (TPSA) is 53.2 Å². The smallest absolute Gasteiger partial charge is 0.160 e. The van der Waals surface area contributed by atoms with Crippen LogP contribution in [0.1, 0.15) is 0 Å². The Morgan fingerprint density at radius 3 is 3.00 bits per heavy atom. The zero-order valence-electron chi connectivity index (χ0n) is 5.06. The van der Waals surface area contributed by atoms with Crippen molar-refractivity contribution in [3.05, 3.63) is 24.4 Å². The molecule has 50 valence electrons. The lowest BCUT2D eigenvalue weighted by molar-refractivity contribution is -0.283. The maximum atomic E-state index is 10.8. The van der Waals surface area contributed by atoms with E-state index in [-0.39, 0.29) is 6.01 Å². The van der Waals surface area contributed by atoms with E-state index >= 15 is 0 Å². The van der Waals surface area contributed by atoms with E-state index in [4.69, 9.17) is 0 Å². The number of rotatable bonds is 0. The molecule has 0 aliphatic heterocycles. The molecule has 0 radical (unpaired) electrons. The highest BCUT2D eigenvalue weighted by atomic mass is 16.3. The van der Waals surface area contributed by atoms with Crippen LogP contribution in [0.2, 0.25) is 0 Å². The van der Waals surface area contributed by atoms with Gasteiger partial charge in [0.15, 0.2) is 5.65 Å². The van der Waals surface area contributed by atoms with Crippen LogP contribution < -0.4 is 5.11 Å². The molecule has 4 nitrogen and oxygen atoms in total. The van der Waals surface area contributed by atoms with E-state index in [9.17, 15) is 5.11 Å². The van der Waals surface area contributed by atoms with E-state index < -0.39 is 0 Å². The Morgan fingerprint density at radius 1 is 1.30 bits per heavy atom. The van der Waals surface area contributed by atoms with Crippen LogP contribution in [-0.4, -0.2) is 14.6 Å². The van der Waals surface area contributed by atoms with Gasteiger partial charge in [-0.15, -0.1) is 10.2 Å². The number of nitrogens with zero attached hydrogens (tertiary/aromatic N) is 3.